The van der Waals surface area contributed by atoms with Crippen molar-refractivity contribution in [2.24, 2.45) is 17.6 Å². The Bertz CT molecular complexity index is 874. The molecule has 0 aliphatic heterocycles. The maximum atomic E-state index is 12.0. The molecule has 10 heteroatoms. The maximum absolute atomic E-state index is 12.0. The summed E-state index contributed by atoms with van der Waals surface area (Å²) in [5, 5.41) is 7.62. The third-order valence-corrected chi connectivity index (χ3v) is 6.04. The molecular formula is C20H27Cl2N6O2+. The van der Waals surface area contributed by atoms with E-state index in [-0.39, 0.29) is 5.69 Å². The Balaban J connectivity index is 1.68. The van der Waals surface area contributed by atoms with Gasteiger partial charge in [0.05, 0.1) is 4.91 Å². The Hall–Kier alpha value is -2.16. The molecule has 0 radical (unpaired) electrons. The number of rotatable bonds is 9. The first-order valence-corrected chi connectivity index (χ1v) is 10.8. The van der Waals surface area contributed by atoms with Crippen LogP contribution in [0.4, 0.5) is 17.5 Å². The van der Waals surface area contributed by atoms with Crippen LogP contribution < -0.4 is 16.4 Å². The van der Waals surface area contributed by atoms with Crippen LogP contribution in [0, 0.1) is 16.7 Å². The van der Waals surface area contributed by atoms with E-state index in [0.29, 0.717) is 45.1 Å². The van der Waals surface area contributed by atoms with E-state index in [1.165, 1.54) is 13.3 Å². The Morgan fingerprint density at radius 1 is 1.20 bits per heavy atom. The molecule has 1 aliphatic rings. The maximum Gasteiger partial charge on any atom is 0.376 e. The minimum absolute atomic E-state index is 0.222. The minimum Gasteiger partial charge on any atom is -0.364 e. The first-order valence-electron chi connectivity index (χ1n) is 10.00. The average molecular weight is 454 g/mol. The highest BCUT2D eigenvalue weighted by Crippen LogP contribution is 2.30. The second-order valence-corrected chi connectivity index (χ2v) is 8.30. The van der Waals surface area contributed by atoms with Gasteiger partial charge in [-0.2, -0.15) is 4.98 Å². The van der Waals surface area contributed by atoms with E-state index in [2.05, 4.69) is 20.6 Å². The lowest BCUT2D eigenvalue weighted by Crippen LogP contribution is -2.25. The molecule has 2 aromatic rings. The highest BCUT2D eigenvalue weighted by molar-refractivity contribution is 6.33. The van der Waals surface area contributed by atoms with Crippen molar-refractivity contribution in [1.82, 2.24) is 9.97 Å². The molecule has 30 heavy (non-hydrogen) atoms. The fourth-order valence-electron chi connectivity index (χ4n) is 3.59. The Labute approximate surface area is 186 Å². The van der Waals surface area contributed by atoms with Gasteiger partial charge in [-0.1, -0.05) is 23.2 Å². The van der Waals surface area contributed by atoms with Gasteiger partial charge in [0.15, 0.2) is 7.11 Å². The van der Waals surface area contributed by atoms with Crippen LogP contribution in [0.3, 0.4) is 0 Å². The molecule has 0 atom stereocenters. The van der Waals surface area contributed by atoms with E-state index < -0.39 is 0 Å². The summed E-state index contributed by atoms with van der Waals surface area (Å²) >= 11 is 12.3. The van der Waals surface area contributed by atoms with Gasteiger partial charge in [-0.15, -0.1) is 0 Å². The monoisotopic (exact) mass is 453 g/mol. The van der Waals surface area contributed by atoms with Crippen LogP contribution in [-0.4, -0.2) is 35.1 Å². The smallest absolute Gasteiger partial charge is 0.364 e. The van der Waals surface area contributed by atoms with Gasteiger partial charge in [0.1, 0.15) is 6.20 Å². The van der Waals surface area contributed by atoms with E-state index in [1.54, 1.807) is 18.2 Å². The summed E-state index contributed by atoms with van der Waals surface area (Å²) in [5.41, 5.74) is 6.82. The Morgan fingerprint density at radius 3 is 2.63 bits per heavy atom. The van der Waals surface area contributed by atoms with Crippen molar-refractivity contribution in [3.63, 3.8) is 0 Å². The number of halogens is 2. The SMILES string of the molecule is CO[N+](=O)c1cnc(NCc2cc(Cl)ccc2Cl)nc1NCC1CCC(CN)CC1. The second-order valence-electron chi connectivity index (χ2n) is 7.46. The van der Waals surface area contributed by atoms with Crippen molar-refractivity contribution in [1.29, 1.82) is 0 Å². The number of anilines is 2. The largest absolute Gasteiger partial charge is 0.376 e. The van der Waals surface area contributed by atoms with Gasteiger partial charge in [0.25, 0.3) is 4.92 Å². The van der Waals surface area contributed by atoms with E-state index in [9.17, 15) is 4.91 Å². The van der Waals surface area contributed by atoms with E-state index in [0.717, 1.165) is 44.3 Å². The molecule has 1 aromatic heterocycles. The van der Waals surface area contributed by atoms with Crippen molar-refractivity contribution in [3.05, 3.63) is 44.9 Å². The lowest BCUT2D eigenvalue weighted by molar-refractivity contribution is -0.736. The second kappa shape index (κ2) is 10.7. The van der Waals surface area contributed by atoms with Gasteiger partial charge in [-0.25, -0.2) is 9.82 Å². The normalized spacial score (nSPS) is 18.7. The molecule has 0 bridgehead atoms. The van der Waals surface area contributed by atoms with Crippen LogP contribution in [0.15, 0.2) is 24.4 Å². The molecular weight excluding hydrogens is 427 g/mol. The summed E-state index contributed by atoms with van der Waals surface area (Å²) in [7, 11) is 1.30. The molecule has 0 unspecified atom stereocenters. The molecule has 1 aromatic carbocycles. The summed E-state index contributed by atoms with van der Waals surface area (Å²) in [6.45, 7) is 1.87. The van der Waals surface area contributed by atoms with Crippen LogP contribution >= 0.6 is 23.2 Å². The first kappa shape index (κ1) is 22.5. The van der Waals surface area contributed by atoms with Crippen LogP contribution in [0.1, 0.15) is 31.2 Å². The lowest BCUT2D eigenvalue weighted by Gasteiger charge is -2.27. The van der Waals surface area contributed by atoms with E-state index >= 15 is 0 Å². The average Bonchev–Trinajstić information content (AvgIpc) is 2.78. The van der Waals surface area contributed by atoms with Gasteiger partial charge in [-0.3, -0.25) is 0 Å². The Morgan fingerprint density at radius 2 is 1.93 bits per heavy atom. The van der Waals surface area contributed by atoms with Crippen LogP contribution in [-0.2, 0) is 11.4 Å². The third-order valence-electron chi connectivity index (χ3n) is 5.43. The van der Waals surface area contributed by atoms with Gasteiger partial charge in [0, 0.05) is 23.1 Å². The zero-order valence-corrected chi connectivity index (χ0v) is 18.4. The fraction of sp³-hybridized carbons (Fsp3) is 0.500. The minimum atomic E-state index is 0.222. The third kappa shape index (κ3) is 5.93. The van der Waals surface area contributed by atoms with E-state index in [1.807, 2.05) is 0 Å². The van der Waals surface area contributed by atoms with Crippen LogP contribution in [0.2, 0.25) is 10.0 Å². The molecule has 0 amide bonds. The standard InChI is InChI=1S/C20H27Cl2N6O2/c1-30-28(29)18-12-26-20(25-11-15-8-16(21)6-7-17(15)22)27-19(18)24-10-14-4-2-13(9-23)3-5-14/h6-8,12-14H,2-5,9-11,23H2,1H3,(H2,24,25,26,27)/q+1. The van der Waals surface area contributed by atoms with Gasteiger partial charge in [-0.05, 0) is 67.8 Å². The molecule has 0 spiro atoms. The summed E-state index contributed by atoms with van der Waals surface area (Å²) in [5.74, 6) is 1.92. The van der Waals surface area contributed by atoms with E-state index in [4.69, 9.17) is 33.8 Å². The number of aromatic nitrogens is 2. The number of nitrogens with zero attached hydrogens (tertiary/aromatic N) is 3. The lowest BCUT2D eigenvalue weighted by atomic mass is 9.82. The molecule has 8 nitrogen and oxygen atoms in total. The summed E-state index contributed by atoms with van der Waals surface area (Å²) in [6.07, 6.45) is 5.92. The van der Waals surface area contributed by atoms with Gasteiger partial charge in [0.2, 0.25) is 11.8 Å². The van der Waals surface area contributed by atoms with Crippen molar-refractivity contribution in [2.75, 3.05) is 30.8 Å². The molecule has 3 rings (SSSR count). The van der Waals surface area contributed by atoms with Crippen LogP contribution in [0.25, 0.3) is 0 Å². The summed E-state index contributed by atoms with van der Waals surface area (Å²) in [4.78, 5) is 25.9. The number of hydrogen-bond acceptors (Lipinski definition) is 7. The first-order chi connectivity index (χ1) is 14.5. The van der Waals surface area contributed by atoms with Crippen molar-refractivity contribution < 1.29 is 9.76 Å². The molecule has 4 N–H and O–H groups in total. The molecule has 1 fully saturated rings. The number of hydrogen-bond donors (Lipinski definition) is 3. The zero-order valence-electron chi connectivity index (χ0n) is 16.9. The molecule has 162 valence electrons. The quantitative estimate of drug-likeness (QED) is 0.478. The fourth-order valence-corrected chi connectivity index (χ4v) is 3.97. The topological polar surface area (TPSA) is 105 Å². The molecule has 1 heterocycles. The van der Waals surface area contributed by atoms with Crippen molar-refractivity contribution in [3.8, 4) is 0 Å². The van der Waals surface area contributed by atoms with Crippen LogP contribution in [0.5, 0.6) is 0 Å². The number of nitrogens with one attached hydrogen (secondary N) is 2. The number of nitrogens with two attached hydrogens (primary N) is 1. The molecule has 1 saturated carbocycles. The van der Waals surface area contributed by atoms with Gasteiger partial charge < -0.3 is 16.4 Å². The highest BCUT2D eigenvalue weighted by Gasteiger charge is 2.26. The molecule has 1 aliphatic carbocycles. The number of benzene rings is 1. The van der Waals surface area contributed by atoms with Gasteiger partial charge >= 0.3 is 5.69 Å². The van der Waals surface area contributed by atoms with Crippen molar-refractivity contribution in [2.45, 2.75) is 32.2 Å². The Kier molecular flexibility index (Phi) is 8.07. The summed E-state index contributed by atoms with van der Waals surface area (Å²) < 4.78 is 0. The zero-order chi connectivity index (χ0) is 21.5. The summed E-state index contributed by atoms with van der Waals surface area (Å²) in [6, 6.07) is 5.26. The highest BCUT2D eigenvalue weighted by atomic mass is 35.5. The predicted molar refractivity (Wildman–Crippen MR) is 119 cm³/mol. The predicted octanol–water partition coefficient (Wildman–Crippen LogP) is 4.54. The van der Waals surface area contributed by atoms with Crippen molar-refractivity contribution >= 4 is 40.7 Å². The molecule has 0 saturated heterocycles.